The summed E-state index contributed by atoms with van der Waals surface area (Å²) >= 11 is 0. The van der Waals surface area contributed by atoms with Crippen LogP contribution in [0.25, 0.3) is 0 Å². The first kappa shape index (κ1) is 20.6. The number of hydrogen-bond donors (Lipinski definition) is 0. The fourth-order valence-electron chi connectivity index (χ4n) is 4.18. The molecule has 2 heterocycles. The molecule has 6 nitrogen and oxygen atoms in total. The van der Waals surface area contributed by atoms with E-state index in [1.165, 1.54) is 22.9 Å². The molecule has 1 aromatic heterocycles. The van der Waals surface area contributed by atoms with Crippen LogP contribution in [-0.4, -0.2) is 28.7 Å². The minimum atomic E-state index is -4.66. The van der Waals surface area contributed by atoms with Gasteiger partial charge < -0.3 is 4.90 Å². The van der Waals surface area contributed by atoms with Gasteiger partial charge in [-0.25, -0.2) is 4.79 Å². The van der Waals surface area contributed by atoms with Crippen LogP contribution in [0.3, 0.4) is 0 Å². The van der Waals surface area contributed by atoms with Crippen LogP contribution < -0.4 is 4.90 Å². The van der Waals surface area contributed by atoms with Crippen LogP contribution in [0.4, 0.5) is 23.7 Å². The van der Waals surface area contributed by atoms with Gasteiger partial charge in [-0.05, 0) is 48.7 Å². The number of carbonyl (C=O) groups excluding carboxylic acids is 2. The summed E-state index contributed by atoms with van der Waals surface area (Å²) < 4.78 is 39.5. The molecule has 1 atom stereocenters. The number of nitrogens with zero attached hydrogens (tertiary/aromatic N) is 4. The maximum Gasteiger partial charge on any atom is 0.433 e. The van der Waals surface area contributed by atoms with Gasteiger partial charge in [0.05, 0.1) is 23.4 Å². The number of amides is 2. The maximum absolute atomic E-state index is 13.3. The first-order chi connectivity index (χ1) is 14.6. The zero-order valence-corrected chi connectivity index (χ0v) is 16.7. The lowest BCUT2D eigenvalue weighted by atomic mass is 9.90. The second kappa shape index (κ2) is 7.23. The summed E-state index contributed by atoms with van der Waals surface area (Å²) in [5, 5.41) is 9.12. The van der Waals surface area contributed by atoms with E-state index in [0.717, 1.165) is 17.8 Å². The highest BCUT2D eigenvalue weighted by molar-refractivity contribution is 6.08. The largest absolute Gasteiger partial charge is 0.433 e. The van der Waals surface area contributed by atoms with Crippen molar-refractivity contribution in [1.82, 2.24) is 9.88 Å². The molecule has 0 saturated heterocycles. The number of anilines is 1. The van der Waals surface area contributed by atoms with Gasteiger partial charge in [-0.2, -0.15) is 18.4 Å². The number of alkyl halides is 3. The van der Waals surface area contributed by atoms with Crippen molar-refractivity contribution in [3.8, 4) is 6.07 Å². The molecule has 158 valence electrons. The molecule has 1 aromatic carbocycles. The minimum absolute atomic E-state index is 0.0105. The monoisotopic (exact) mass is 426 g/mol. The molecule has 4 rings (SSSR count). The van der Waals surface area contributed by atoms with Crippen molar-refractivity contribution >= 4 is 17.5 Å². The second-order valence-electron chi connectivity index (χ2n) is 7.50. The molecule has 1 unspecified atom stereocenters. The normalized spacial score (nSPS) is 19.0. The molecular formula is C22H17F3N4O2. The SMILES string of the molecule is Cc1cc(C#N)ccc1C1C2=C(CCC2=O)N(c2ccnc(C(F)(F)F)c2)C(=O)N1C. The van der Waals surface area contributed by atoms with Crippen molar-refractivity contribution in [3.63, 3.8) is 0 Å². The van der Waals surface area contributed by atoms with Crippen LogP contribution in [0.15, 0.2) is 47.8 Å². The zero-order chi connectivity index (χ0) is 22.5. The summed E-state index contributed by atoms with van der Waals surface area (Å²) in [6.45, 7) is 1.79. The Morgan fingerprint density at radius 2 is 1.90 bits per heavy atom. The minimum Gasteiger partial charge on any atom is -0.316 e. The Morgan fingerprint density at radius 3 is 2.55 bits per heavy atom. The first-order valence-corrected chi connectivity index (χ1v) is 9.50. The van der Waals surface area contributed by atoms with Crippen LogP contribution >= 0.6 is 0 Å². The number of hydrogen-bond acceptors (Lipinski definition) is 4. The van der Waals surface area contributed by atoms with E-state index in [2.05, 4.69) is 11.1 Å². The number of aromatic nitrogens is 1. The Balaban J connectivity index is 1.88. The third-order valence-electron chi connectivity index (χ3n) is 5.61. The molecular weight excluding hydrogens is 409 g/mol. The molecule has 0 saturated carbocycles. The Kier molecular flexibility index (Phi) is 4.81. The average Bonchev–Trinajstić information content (AvgIpc) is 3.10. The smallest absolute Gasteiger partial charge is 0.316 e. The fraction of sp³-hybridized carbons (Fsp3) is 0.273. The van der Waals surface area contributed by atoms with Gasteiger partial charge in [0.2, 0.25) is 0 Å². The molecule has 0 radical (unpaired) electrons. The van der Waals surface area contributed by atoms with Gasteiger partial charge in [-0.1, -0.05) is 6.07 Å². The predicted molar refractivity (Wildman–Crippen MR) is 105 cm³/mol. The van der Waals surface area contributed by atoms with Crippen molar-refractivity contribution in [2.45, 2.75) is 32.0 Å². The Morgan fingerprint density at radius 1 is 1.16 bits per heavy atom. The van der Waals surface area contributed by atoms with E-state index in [9.17, 15) is 22.8 Å². The lowest BCUT2D eigenvalue weighted by molar-refractivity contribution is -0.141. The van der Waals surface area contributed by atoms with Crippen LogP contribution in [0.1, 0.15) is 41.3 Å². The Labute approximate surface area is 176 Å². The molecule has 0 bridgehead atoms. The van der Waals surface area contributed by atoms with Gasteiger partial charge in [0.1, 0.15) is 5.69 Å². The van der Waals surface area contributed by atoms with Crippen molar-refractivity contribution in [1.29, 1.82) is 5.26 Å². The van der Waals surface area contributed by atoms with Crippen LogP contribution in [0.5, 0.6) is 0 Å². The van der Waals surface area contributed by atoms with Gasteiger partial charge in [0, 0.05) is 30.9 Å². The summed E-state index contributed by atoms with van der Waals surface area (Å²) in [6, 6.07) is 7.98. The molecule has 31 heavy (non-hydrogen) atoms. The van der Waals surface area contributed by atoms with E-state index in [0.29, 0.717) is 22.4 Å². The van der Waals surface area contributed by atoms with Crippen molar-refractivity contribution < 1.29 is 22.8 Å². The van der Waals surface area contributed by atoms with E-state index < -0.39 is 23.9 Å². The number of likely N-dealkylation sites (N-methyl/N-ethyl adjacent to an activating group) is 1. The van der Waals surface area contributed by atoms with Gasteiger partial charge in [0.15, 0.2) is 5.78 Å². The summed E-state index contributed by atoms with van der Waals surface area (Å²) in [6.07, 6.45) is -3.24. The maximum atomic E-state index is 13.3. The van der Waals surface area contributed by atoms with E-state index in [4.69, 9.17) is 5.26 Å². The standard InChI is InChI=1S/C22H17F3N4O2/c1-12-9-13(11-26)3-4-15(12)20-19-16(5-6-17(19)30)29(21(31)28(20)2)14-7-8-27-18(10-14)22(23,24)25/h3-4,7-10,20H,5-6H2,1-2H3. The topological polar surface area (TPSA) is 77.3 Å². The molecule has 0 N–H and O–H groups in total. The highest BCUT2D eigenvalue weighted by Crippen LogP contribution is 2.45. The number of pyridine rings is 1. The molecule has 0 spiro atoms. The molecule has 0 fully saturated rings. The predicted octanol–water partition coefficient (Wildman–Crippen LogP) is 4.51. The summed E-state index contributed by atoms with van der Waals surface area (Å²) in [5.74, 6) is -0.154. The van der Waals surface area contributed by atoms with Gasteiger partial charge in [0.25, 0.3) is 0 Å². The van der Waals surface area contributed by atoms with Crippen LogP contribution in [-0.2, 0) is 11.0 Å². The lowest BCUT2D eigenvalue weighted by Gasteiger charge is -2.40. The van der Waals surface area contributed by atoms with Crippen molar-refractivity contribution in [2.24, 2.45) is 0 Å². The quantitative estimate of drug-likeness (QED) is 0.708. The third-order valence-corrected chi connectivity index (χ3v) is 5.61. The molecule has 1 aliphatic carbocycles. The van der Waals surface area contributed by atoms with E-state index in [1.807, 2.05) is 0 Å². The Hall–Kier alpha value is -3.67. The number of rotatable bonds is 2. The van der Waals surface area contributed by atoms with E-state index in [1.54, 1.807) is 25.1 Å². The molecule has 2 amide bonds. The zero-order valence-electron chi connectivity index (χ0n) is 16.7. The number of urea groups is 1. The molecule has 1 aliphatic heterocycles. The van der Waals surface area contributed by atoms with Gasteiger partial charge in [-0.3, -0.25) is 14.7 Å². The number of Topliss-reactive ketones (excluding diaryl/α,β-unsaturated/α-hetero) is 1. The fourth-order valence-corrected chi connectivity index (χ4v) is 4.18. The van der Waals surface area contributed by atoms with Crippen LogP contribution in [0.2, 0.25) is 0 Å². The summed E-state index contributed by atoms with van der Waals surface area (Å²) in [7, 11) is 1.51. The van der Waals surface area contributed by atoms with Crippen LogP contribution in [0, 0.1) is 18.3 Å². The average molecular weight is 426 g/mol. The number of benzene rings is 1. The number of carbonyl (C=O) groups is 2. The molecule has 9 heteroatoms. The highest BCUT2D eigenvalue weighted by Gasteiger charge is 2.45. The van der Waals surface area contributed by atoms with Crippen molar-refractivity contribution in [2.75, 3.05) is 11.9 Å². The van der Waals surface area contributed by atoms with Gasteiger partial charge in [-0.15, -0.1) is 0 Å². The highest BCUT2D eigenvalue weighted by atomic mass is 19.4. The second-order valence-corrected chi connectivity index (χ2v) is 7.50. The van der Waals surface area contributed by atoms with E-state index >= 15 is 0 Å². The Bertz CT molecular complexity index is 1180. The lowest BCUT2D eigenvalue weighted by Crippen LogP contribution is -2.48. The summed E-state index contributed by atoms with van der Waals surface area (Å²) in [4.78, 5) is 32.0. The number of halogens is 3. The number of allylic oxidation sites excluding steroid dienone is 1. The van der Waals surface area contributed by atoms with Crippen molar-refractivity contribution in [3.05, 3.63) is 70.2 Å². The first-order valence-electron chi connectivity index (χ1n) is 9.50. The number of nitriles is 1. The number of aryl methyl sites for hydroxylation is 1. The van der Waals surface area contributed by atoms with Gasteiger partial charge >= 0.3 is 12.2 Å². The number of ketones is 1. The summed E-state index contributed by atoms with van der Waals surface area (Å²) in [5.41, 5.74) is 1.58. The third kappa shape index (κ3) is 3.34. The van der Waals surface area contributed by atoms with E-state index in [-0.39, 0.29) is 24.3 Å². The molecule has 2 aromatic rings. The molecule has 2 aliphatic rings.